The van der Waals surface area contributed by atoms with Crippen molar-refractivity contribution in [2.75, 3.05) is 13.6 Å². The van der Waals surface area contributed by atoms with Crippen LogP contribution in [0.3, 0.4) is 0 Å². The average Bonchev–Trinajstić information content (AvgIpc) is 2.98. The van der Waals surface area contributed by atoms with Gasteiger partial charge in [-0.25, -0.2) is 0 Å². The van der Waals surface area contributed by atoms with E-state index in [1.807, 2.05) is 31.3 Å². The van der Waals surface area contributed by atoms with E-state index < -0.39 is 11.7 Å². The molecule has 25 heavy (non-hydrogen) atoms. The van der Waals surface area contributed by atoms with Gasteiger partial charge in [-0.3, -0.25) is 4.90 Å². The summed E-state index contributed by atoms with van der Waals surface area (Å²) in [5.41, 5.74) is 1.44. The van der Waals surface area contributed by atoms with Crippen molar-refractivity contribution in [1.82, 2.24) is 4.90 Å². The molecule has 0 saturated carbocycles. The molecule has 0 N–H and O–H groups in total. The molecule has 1 nitrogen and oxygen atoms in total. The summed E-state index contributed by atoms with van der Waals surface area (Å²) >= 11 is 1.74. The molecule has 2 aromatic carbocycles. The summed E-state index contributed by atoms with van der Waals surface area (Å²) < 4.78 is 38.9. The summed E-state index contributed by atoms with van der Waals surface area (Å²) in [5, 5.41) is 3.46. The largest absolute Gasteiger partial charge is 0.416 e. The lowest BCUT2D eigenvalue weighted by Crippen LogP contribution is -2.17. The maximum Gasteiger partial charge on any atom is 0.416 e. The van der Waals surface area contributed by atoms with E-state index in [2.05, 4.69) is 22.4 Å². The zero-order valence-electron chi connectivity index (χ0n) is 13.8. The Labute approximate surface area is 149 Å². The molecule has 0 aliphatic rings. The predicted octanol–water partition coefficient (Wildman–Crippen LogP) is 6.07. The molecule has 3 aromatic rings. The molecule has 0 fully saturated rings. The van der Waals surface area contributed by atoms with E-state index in [1.165, 1.54) is 27.8 Å². The second-order valence-electron chi connectivity index (χ2n) is 5.98. The molecule has 1 aromatic heterocycles. The number of hydrogen-bond donors (Lipinski definition) is 0. The molecule has 0 radical (unpaired) electrons. The quantitative estimate of drug-likeness (QED) is 0.533. The molecule has 0 bridgehead atoms. The number of nitrogens with zero attached hydrogens (tertiary/aromatic N) is 1. The van der Waals surface area contributed by atoms with Crippen LogP contribution in [0.15, 0.2) is 60.0 Å². The number of hydrogen-bond acceptors (Lipinski definition) is 2. The van der Waals surface area contributed by atoms with Gasteiger partial charge in [0, 0.05) is 17.8 Å². The van der Waals surface area contributed by atoms with Gasteiger partial charge in [0.05, 0.1) is 5.56 Å². The van der Waals surface area contributed by atoms with Gasteiger partial charge in [0.25, 0.3) is 0 Å². The van der Waals surface area contributed by atoms with Crippen molar-refractivity contribution in [1.29, 1.82) is 0 Å². The lowest BCUT2D eigenvalue weighted by atomic mass is 10.1. The number of fused-ring (bicyclic) bond motifs is 1. The Balaban J connectivity index is 1.58. The van der Waals surface area contributed by atoms with Gasteiger partial charge < -0.3 is 0 Å². The normalized spacial score (nSPS) is 12.5. The minimum atomic E-state index is -4.29. The summed E-state index contributed by atoms with van der Waals surface area (Å²) in [4.78, 5) is 2.18. The third-order valence-electron chi connectivity index (χ3n) is 3.97. The van der Waals surface area contributed by atoms with Crippen LogP contribution >= 0.6 is 11.3 Å². The monoisotopic (exact) mass is 361 g/mol. The SMILES string of the molecule is CN(CC=Cc1ccc(C(F)(F)F)cc1)Cc1csc2ccccc12. The van der Waals surface area contributed by atoms with E-state index in [0.717, 1.165) is 30.8 Å². The van der Waals surface area contributed by atoms with Crippen LogP contribution in [0.25, 0.3) is 16.2 Å². The minimum absolute atomic E-state index is 0.619. The molecule has 5 heteroatoms. The van der Waals surface area contributed by atoms with Gasteiger partial charge in [-0.2, -0.15) is 13.2 Å². The molecule has 0 amide bonds. The fraction of sp³-hybridized carbons (Fsp3) is 0.200. The lowest BCUT2D eigenvalue weighted by Gasteiger charge is -2.13. The highest BCUT2D eigenvalue weighted by atomic mass is 32.1. The number of rotatable bonds is 5. The Morgan fingerprint density at radius 3 is 2.48 bits per heavy atom. The van der Waals surface area contributed by atoms with E-state index in [-0.39, 0.29) is 0 Å². The van der Waals surface area contributed by atoms with E-state index in [4.69, 9.17) is 0 Å². The first kappa shape index (κ1) is 17.7. The molecule has 1 heterocycles. The molecule has 0 aliphatic heterocycles. The molecular weight excluding hydrogens is 343 g/mol. The molecular formula is C20H18F3NS. The van der Waals surface area contributed by atoms with Crippen LogP contribution < -0.4 is 0 Å². The fourth-order valence-corrected chi connectivity index (χ4v) is 3.62. The first-order chi connectivity index (χ1) is 11.9. The highest BCUT2D eigenvalue weighted by molar-refractivity contribution is 7.17. The van der Waals surface area contributed by atoms with Crippen molar-refractivity contribution in [2.45, 2.75) is 12.7 Å². The average molecular weight is 361 g/mol. The first-order valence-corrected chi connectivity index (χ1v) is 8.79. The van der Waals surface area contributed by atoms with Crippen molar-refractivity contribution < 1.29 is 13.2 Å². The zero-order chi connectivity index (χ0) is 17.9. The van der Waals surface area contributed by atoms with Crippen LogP contribution in [0.2, 0.25) is 0 Å². The van der Waals surface area contributed by atoms with Crippen molar-refractivity contribution in [3.63, 3.8) is 0 Å². The maximum absolute atomic E-state index is 12.5. The Bertz CT molecular complexity index is 863. The van der Waals surface area contributed by atoms with Crippen LogP contribution in [0.4, 0.5) is 13.2 Å². The van der Waals surface area contributed by atoms with Crippen molar-refractivity contribution in [3.05, 3.63) is 76.7 Å². The Kier molecular flexibility index (Phi) is 5.25. The van der Waals surface area contributed by atoms with E-state index >= 15 is 0 Å². The van der Waals surface area contributed by atoms with E-state index in [1.54, 1.807) is 11.3 Å². The third-order valence-corrected chi connectivity index (χ3v) is 4.98. The standard InChI is InChI=1S/C20H18F3NS/c1-24(13-16-14-25-19-7-3-2-6-18(16)19)12-4-5-15-8-10-17(11-9-15)20(21,22)23/h2-11,14H,12-13H2,1H3. The van der Waals surface area contributed by atoms with Crippen LogP contribution in [-0.4, -0.2) is 18.5 Å². The van der Waals surface area contributed by atoms with Gasteiger partial charge >= 0.3 is 6.18 Å². The fourth-order valence-electron chi connectivity index (χ4n) is 2.66. The topological polar surface area (TPSA) is 3.24 Å². The number of thiophene rings is 1. The summed E-state index contributed by atoms with van der Waals surface area (Å²) in [7, 11) is 2.03. The van der Waals surface area contributed by atoms with Crippen molar-refractivity contribution in [2.24, 2.45) is 0 Å². The summed E-state index contributed by atoms with van der Waals surface area (Å²) in [6, 6.07) is 13.5. The number of benzene rings is 2. The third kappa shape index (κ3) is 4.50. The van der Waals surface area contributed by atoms with Gasteiger partial charge in [-0.05, 0) is 47.1 Å². The Morgan fingerprint density at radius 1 is 1.04 bits per heavy atom. The van der Waals surface area contributed by atoms with Gasteiger partial charge in [-0.1, -0.05) is 42.5 Å². The highest BCUT2D eigenvalue weighted by Crippen LogP contribution is 2.29. The molecule has 0 saturated heterocycles. The van der Waals surface area contributed by atoms with Gasteiger partial charge in [0.2, 0.25) is 0 Å². The zero-order valence-corrected chi connectivity index (χ0v) is 14.6. The first-order valence-electron chi connectivity index (χ1n) is 7.91. The van der Waals surface area contributed by atoms with Crippen LogP contribution in [0.5, 0.6) is 0 Å². The van der Waals surface area contributed by atoms with Gasteiger partial charge in [0.1, 0.15) is 0 Å². The molecule has 0 atom stereocenters. The smallest absolute Gasteiger partial charge is 0.298 e. The summed E-state index contributed by atoms with van der Waals surface area (Å²) in [6.07, 6.45) is -0.467. The summed E-state index contributed by atoms with van der Waals surface area (Å²) in [6.45, 7) is 1.56. The van der Waals surface area contributed by atoms with Crippen LogP contribution in [-0.2, 0) is 12.7 Å². The minimum Gasteiger partial charge on any atom is -0.298 e. The van der Waals surface area contributed by atoms with Crippen molar-refractivity contribution in [3.8, 4) is 0 Å². The number of alkyl halides is 3. The number of likely N-dealkylation sites (N-methyl/N-ethyl adjacent to an activating group) is 1. The number of halogens is 3. The van der Waals surface area contributed by atoms with Gasteiger partial charge in [-0.15, -0.1) is 11.3 Å². The highest BCUT2D eigenvalue weighted by Gasteiger charge is 2.29. The Morgan fingerprint density at radius 2 is 1.76 bits per heavy atom. The van der Waals surface area contributed by atoms with Crippen LogP contribution in [0, 0.1) is 0 Å². The van der Waals surface area contributed by atoms with Crippen LogP contribution in [0.1, 0.15) is 16.7 Å². The Hall–Kier alpha value is -2.11. The lowest BCUT2D eigenvalue weighted by molar-refractivity contribution is -0.137. The second-order valence-corrected chi connectivity index (χ2v) is 6.89. The molecule has 3 rings (SSSR count). The van der Waals surface area contributed by atoms with E-state index in [9.17, 15) is 13.2 Å². The molecule has 0 aliphatic carbocycles. The summed E-state index contributed by atoms with van der Waals surface area (Å²) in [5.74, 6) is 0. The molecule has 0 spiro atoms. The predicted molar refractivity (Wildman–Crippen MR) is 98.6 cm³/mol. The molecule has 0 unspecified atom stereocenters. The second kappa shape index (κ2) is 7.42. The van der Waals surface area contributed by atoms with Crippen molar-refractivity contribution >= 4 is 27.5 Å². The van der Waals surface area contributed by atoms with Gasteiger partial charge in [0.15, 0.2) is 0 Å². The maximum atomic E-state index is 12.5. The molecule has 130 valence electrons. The van der Waals surface area contributed by atoms with E-state index in [0.29, 0.717) is 0 Å².